The number of benzene rings is 2. The molecule has 1 N–H and O–H groups in total. The van der Waals surface area contributed by atoms with E-state index in [4.69, 9.17) is 14.7 Å². The second-order valence-electron chi connectivity index (χ2n) is 8.16. The summed E-state index contributed by atoms with van der Waals surface area (Å²) in [4.78, 5) is 16.2. The molecule has 0 radical (unpaired) electrons. The minimum atomic E-state index is -0.262. The Kier molecular flexibility index (Phi) is 6.13. The maximum atomic E-state index is 13.5. The molecule has 0 bridgehead atoms. The minimum Gasteiger partial charge on any atom is -0.490 e. The van der Waals surface area contributed by atoms with Crippen LogP contribution in [0.1, 0.15) is 12.8 Å². The summed E-state index contributed by atoms with van der Waals surface area (Å²) >= 11 is 0. The van der Waals surface area contributed by atoms with Crippen LogP contribution in [0, 0.1) is 5.82 Å². The molecule has 0 aliphatic carbocycles. The fourth-order valence-corrected chi connectivity index (χ4v) is 4.23. The summed E-state index contributed by atoms with van der Waals surface area (Å²) in [7, 11) is 1.84. The zero-order valence-corrected chi connectivity index (χ0v) is 18.6. The normalized spacial score (nSPS) is 14.0. The molecule has 1 saturated heterocycles. The third kappa shape index (κ3) is 4.64. The van der Waals surface area contributed by atoms with Gasteiger partial charge in [0.1, 0.15) is 29.5 Å². The van der Waals surface area contributed by atoms with Gasteiger partial charge < -0.3 is 10.1 Å². The molecule has 3 heterocycles. The summed E-state index contributed by atoms with van der Waals surface area (Å²) in [6, 6.07) is 14.3. The van der Waals surface area contributed by atoms with Crippen molar-refractivity contribution in [2.75, 3.05) is 38.6 Å². The van der Waals surface area contributed by atoms with Crippen LogP contribution in [-0.2, 0) is 0 Å². The molecular formula is C26H26FN5O. The summed E-state index contributed by atoms with van der Waals surface area (Å²) in [6.45, 7) is 3.69. The first-order valence-electron chi connectivity index (χ1n) is 11.3. The molecule has 6 nitrogen and oxygen atoms in total. The van der Waals surface area contributed by atoms with Gasteiger partial charge in [-0.15, -0.1) is 0 Å². The van der Waals surface area contributed by atoms with Crippen molar-refractivity contribution in [1.29, 1.82) is 0 Å². The topological polar surface area (TPSA) is 63.2 Å². The largest absolute Gasteiger partial charge is 0.490 e. The van der Waals surface area contributed by atoms with E-state index in [9.17, 15) is 4.39 Å². The number of hydrogen-bond acceptors (Lipinski definition) is 6. The average Bonchev–Trinajstić information content (AvgIpc) is 3.38. The van der Waals surface area contributed by atoms with Crippen molar-refractivity contribution in [3.8, 4) is 28.3 Å². The van der Waals surface area contributed by atoms with Gasteiger partial charge >= 0.3 is 0 Å². The van der Waals surface area contributed by atoms with Crippen molar-refractivity contribution in [3.63, 3.8) is 0 Å². The van der Waals surface area contributed by atoms with Crippen LogP contribution < -0.4 is 10.1 Å². The van der Waals surface area contributed by atoms with Gasteiger partial charge in [-0.05, 0) is 73.5 Å². The van der Waals surface area contributed by atoms with Crippen LogP contribution in [-0.4, -0.2) is 53.1 Å². The molecule has 0 atom stereocenters. The SMILES string of the molecule is CNc1nc(-c2cccnc2)nc2c(OCCN3CCCC3)cc(-c3ccc(F)cc3)cc12. The lowest BCUT2D eigenvalue weighted by Crippen LogP contribution is -2.25. The van der Waals surface area contributed by atoms with Gasteiger partial charge in [0.05, 0.1) is 0 Å². The summed E-state index contributed by atoms with van der Waals surface area (Å²) in [5.41, 5.74) is 3.40. The Labute approximate surface area is 192 Å². The first-order valence-corrected chi connectivity index (χ1v) is 11.3. The van der Waals surface area contributed by atoms with Gasteiger partial charge in [-0.3, -0.25) is 9.88 Å². The van der Waals surface area contributed by atoms with Gasteiger partial charge in [0.2, 0.25) is 0 Å². The highest BCUT2D eigenvalue weighted by molar-refractivity contribution is 5.97. The average molecular weight is 444 g/mol. The Morgan fingerprint density at radius 2 is 1.82 bits per heavy atom. The van der Waals surface area contributed by atoms with Gasteiger partial charge in [-0.1, -0.05) is 12.1 Å². The summed E-state index contributed by atoms with van der Waals surface area (Å²) in [5, 5.41) is 4.05. The molecule has 2 aromatic carbocycles. The van der Waals surface area contributed by atoms with E-state index in [1.54, 1.807) is 24.5 Å². The van der Waals surface area contributed by atoms with Crippen LogP contribution in [0.4, 0.5) is 10.2 Å². The number of fused-ring (bicyclic) bond motifs is 1. The number of pyridine rings is 1. The summed E-state index contributed by atoms with van der Waals surface area (Å²) in [5.74, 6) is 1.71. The van der Waals surface area contributed by atoms with Crippen LogP contribution >= 0.6 is 0 Å². The fraction of sp³-hybridized carbons (Fsp3) is 0.269. The molecule has 7 heteroatoms. The lowest BCUT2D eigenvalue weighted by Gasteiger charge is -2.17. The van der Waals surface area contributed by atoms with E-state index in [-0.39, 0.29) is 5.82 Å². The van der Waals surface area contributed by atoms with E-state index in [1.807, 2.05) is 31.3 Å². The molecule has 1 aliphatic heterocycles. The predicted molar refractivity (Wildman–Crippen MR) is 129 cm³/mol. The van der Waals surface area contributed by atoms with Gasteiger partial charge in [0, 0.05) is 36.9 Å². The zero-order chi connectivity index (χ0) is 22.6. The maximum absolute atomic E-state index is 13.5. The van der Waals surface area contributed by atoms with Gasteiger partial charge in [-0.25, -0.2) is 14.4 Å². The highest BCUT2D eigenvalue weighted by Crippen LogP contribution is 2.36. The molecule has 1 aliphatic rings. The summed E-state index contributed by atoms with van der Waals surface area (Å²) < 4.78 is 19.8. The molecule has 0 amide bonds. The van der Waals surface area contributed by atoms with Crippen LogP contribution in [0.25, 0.3) is 33.4 Å². The molecule has 5 rings (SSSR count). The van der Waals surface area contributed by atoms with E-state index in [1.165, 1.54) is 25.0 Å². The van der Waals surface area contributed by atoms with Crippen LogP contribution in [0.15, 0.2) is 60.9 Å². The highest BCUT2D eigenvalue weighted by Gasteiger charge is 2.17. The lowest BCUT2D eigenvalue weighted by molar-refractivity contribution is 0.239. The smallest absolute Gasteiger partial charge is 0.163 e. The number of rotatable bonds is 7. The van der Waals surface area contributed by atoms with Gasteiger partial charge in [0.25, 0.3) is 0 Å². The number of likely N-dealkylation sites (tertiary alicyclic amines) is 1. The second kappa shape index (κ2) is 9.50. The van der Waals surface area contributed by atoms with E-state index in [0.29, 0.717) is 24.0 Å². The van der Waals surface area contributed by atoms with Crippen molar-refractivity contribution >= 4 is 16.7 Å². The Morgan fingerprint density at radius 1 is 1.00 bits per heavy atom. The molecular weight excluding hydrogens is 417 g/mol. The van der Waals surface area contributed by atoms with Gasteiger partial charge in [-0.2, -0.15) is 0 Å². The number of aromatic nitrogens is 3. The Balaban J connectivity index is 1.60. The van der Waals surface area contributed by atoms with E-state index >= 15 is 0 Å². The second-order valence-corrected chi connectivity index (χ2v) is 8.16. The monoisotopic (exact) mass is 443 g/mol. The van der Waals surface area contributed by atoms with Crippen molar-refractivity contribution < 1.29 is 9.13 Å². The first kappa shape index (κ1) is 21.3. The standard InChI is InChI=1S/C26H26FN5O/c1-28-26-22-15-20(18-6-8-21(27)9-7-18)16-23(33-14-13-32-11-2-3-12-32)24(22)30-25(31-26)19-5-4-10-29-17-19/h4-10,15-17H,2-3,11-14H2,1H3,(H,28,30,31). The van der Waals surface area contributed by atoms with E-state index < -0.39 is 0 Å². The quantitative estimate of drug-likeness (QED) is 0.433. The molecule has 33 heavy (non-hydrogen) atoms. The fourth-order valence-electron chi connectivity index (χ4n) is 4.23. The third-order valence-electron chi connectivity index (χ3n) is 5.96. The Bertz CT molecular complexity index is 1240. The number of nitrogens with one attached hydrogen (secondary N) is 1. The van der Waals surface area contributed by atoms with Crippen LogP contribution in [0.2, 0.25) is 0 Å². The number of ether oxygens (including phenoxy) is 1. The number of anilines is 1. The van der Waals surface area contributed by atoms with Gasteiger partial charge in [0.15, 0.2) is 5.82 Å². The van der Waals surface area contributed by atoms with E-state index in [0.717, 1.165) is 47.2 Å². The number of hydrogen-bond donors (Lipinski definition) is 1. The lowest BCUT2D eigenvalue weighted by atomic mass is 10.0. The van der Waals surface area contributed by atoms with Crippen molar-refractivity contribution in [3.05, 3.63) is 66.7 Å². The van der Waals surface area contributed by atoms with Crippen molar-refractivity contribution in [2.45, 2.75) is 12.8 Å². The minimum absolute atomic E-state index is 0.262. The molecule has 0 spiro atoms. The molecule has 2 aromatic heterocycles. The molecule has 1 fully saturated rings. The predicted octanol–water partition coefficient (Wildman–Crippen LogP) is 5.01. The number of nitrogens with zero attached hydrogens (tertiary/aromatic N) is 4. The third-order valence-corrected chi connectivity index (χ3v) is 5.96. The van der Waals surface area contributed by atoms with E-state index in [2.05, 4.69) is 15.2 Å². The molecule has 4 aromatic rings. The highest BCUT2D eigenvalue weighted by atomic mass is 19.1. The van der Waals surface area contributed by atoms with Crippen LogP contribution in [0.5, 0.6) is 5.75 Å². The van der Waals surface area contributed by atoms with Crippen molar-refractivity contribution in [2.24, 2.45) is 0 Å². The first-order chi connectivity index (χ1) is 16.2. The van der Waals surface area contributed by atoms with Crippen LogP contribution in [0.3, 0.4) is 0 Å². The Morgan fingerprint density at radius 3 is 2.55 bits per heavy atom. The maximum Gasteiger partial charge on any atom is 0.163 e. The molecule has 168 valence electrons. The molecule has 0 unspecified atom stereocenters. The van der Waals surface area contributed by atoms with Crippen molar-refractivity contribution in [1.82, 2.24) is 19.9 Å². The number of halogens is 1. The molecule has 0 saturated carbocycles. The zero-order valence-electron chi connectivity index (χ0n) is 18.6. The summed E-state index contributed by atoms with van der Waals surface area (Å²) in [6.07, 6.45) is 5.97. The Hall–Kier alpha value is -3.58.